The summed E-state index contributed by atoms with van der Waals surface area (Å²) in [5.74, 6) is -1.43. The lowest BCUT2D eigenvalue weighted by atomic mass is 9.75. The second kappa shape index (κ2) is 8.69. The third-order valence-electron chi connectivity index (χ3n) is 5.13. The van der Waals surface area contributed by atoms with Crippen LogP contribution >= 0.6 is 0 Å². The molecule has 5 heteroatoms. The van der Waals surface area contributed by atoms with E-state index in [0.717, 1.165) is 11.1 Å². The van der Waals surface area contributed by atoms with Crippen LogP contribution in [0.3, 0.4) is 0 Å². The van der Waals surface area contributed by atoms with Crippen LogP contribution in [0.5, 0.6) is 0 Å². The molecule has 3 rings (SSSR count). The maximum atomic E-state index is 13.5. The number of primary amides is 1. The van der Waals surface area contributed by atoms with Gasteiger partial charge >= 0.3 is 0 Å². The van der Waals surface area contributed by atoms with Crippen LogP contribution in [-0.2, 0) is 21.4 Å². The number of carbonyl (C=O) groups is 2. The van der Waals surface area contributed by atoms with Crippen molar-refractivity contribution in [3.8, 4) is 0 Å². The number of rotatable bonds is 7. The third-order valence-corrected chi connectivity index (χ3v) is 5.13. The topological polar surface area (TPSA) is 72.2 Å². The first kappa shape index (κ1) is 20.3. The molecule has 0 spiro atoms. The van der Waals surface area contributed by atoms with Gasteiger partial charge in [-0.2, -0.15) is 0 Å². The number of nitrogens with one attached hydrogen (secondary N) is 1. The van der Waals surface area contributed by atoms with Gasteiger partial charge in [0.05, 0.1) is 5.41 Å². The number of hydrogen-bond acceptors (Lipinski definition) is 2. The number of nitrogens with two attached hydrogens (primary N) is 1. The normalized spacial score (nSPS) is 12.2. The van der Waals surface area contributed by atoms with Gasteiger partial charge in [0.2, 0.25) is 11.8 Å². The first-order valence-corrected chi connectivity index (χ1v) is 9.37. The fraction of sp³-hybridized carbons (Fsp3) is 0.167. The molecule has 3 N–H and O–H groups in total. The zero-order chi connectivity index (χ0) is 20.9. The first-order chi connectivity index (χ1) is 13.9. The van der Waals surface area contributed by atoms with Crippen molar-refractivity contribution in [1.29, 1.82) is 0 Å². The molecule has 0 saturated heterocycles. The van der Waals surface area contributed by atoms with Crippen molar-refractivity contribution in [2.24, 2.45) is 5.73 Å². The van der Waals surface area contributed by atoms with E-state index in [1.54, 1.807) is 12.1 Å². The van der Waals surface area contributed by atoms with Crippen molar-refractivity contribution in [3.05, 3.63) is 107 Å². The smallest absolute Gasteiger partial charge is 0.240 e. The molecule has 0 aromatic heterocycles. The van der Waals surface area contributed by atoms with Crippen molar-refractivity contribution in [3.63, 3.8) is 0 Å². The molecule has 0 unspecified atom stereocenters. The zero-order valence-corrected chi connectivity index (χ0v) is 16.1. The van der Waals surface area contributed by atoms with Gasteiger partial charge in [-0.3, -0.25) is 9.59 Å². The molecule has 0 fully saturated rings. The molecule has 0 aliphatic carbocycles. The standard InChI is InChI=1S/C24H23FN2O2/c1-24(18-10-4-2-5-11-18,19-12-6-3-7-13-19)23(29)27-21(22(26)28)16-17-9-8-14-20(25)15-17/h2-15,21H,16H2,1H3,(H2,26,28)(H,27,29)/t21-/m1/s1. The zero-order valence-electron chi connectivity index (χ0n) is 16.1. The van der Waals surface area contributed by atoms with E-state index in [-0.39, 0.29) is 12.3 Å². The van der Waals surface area contributed by atoms with Crippen LogP contribution in [0.2, 0.25) is 0 Å². The highest BCUT2D eigenvalue weighted by atomic mass is 19.1. The largest absolute Gasteiger partial charge is 0.368 e. The molecule has 148 valence electrons. The molecule has 0 heterocycles. The lowest BCUT2D eigenvalue weighted by Gasteiger charge is -2.31. The van der Waals surface area contributed by atoms with E-state index in [1.165, 1.54) is 12.1 Å². The van der Waals surface area contributed by atoms with Crippen molar-refractivity contribution in [2.45, 2.75) is 24.8 Å². The Labute approximate surface area is 169 Å². The lowest BCUT2D eigenvalue weighted by molar-refractivity contribution is -0.129. The molecular weight excluding hydrogens is 367 g/mol. The minimum absolute atomic E-state index is 0.110. The minimum Gasteiger partial charge on any atom is -0.368 e. The van der Waals surface area contributed by atoms with Gasteiger partial charge in [0.25, 0.3) is 0 Å². The summed E-state index contributed by atoms with van der Waals surface area (Å²) in [6, 6.07) is 23.6. The number of hydrogen-bond donors (Lipinski definition) is 2. The fourth-order valence-electron chi connectivity index (χ4n) is 3.40. The number of amides is 2. The summed E-state index contributed by atoms with van der Waals surface area (Å²) >= 11 is 0. The summed E-state index contributed by atoms with van der Waals surface area (Å²) in [6.07, 6.45) is 0.110. The van der Waals surface area contributed by atoms with Gasteiger partial charge in [-0.15, -0.1) is 0 Å². The minimum atomic E-state index is -1.03. The first-order valence-electron chi connectivity index (χ1n) is 9.37. The van der Waals surface area contributed by atoms with Gasteiger partial charge in [-0.25, -0.2) is 4.39 Å². The van der Waals surface area contributed by atoms with Gasteiger partial charge in [0.15, 0.2) is 0 Å². The lowest BCUT2D eigenvalue weighted by Crippen LogP contribution is -2.52. The van der Waals surface area contributed by atoms with Crippen LogP contribution < -0.4 is 11.1 Å². The average Bonchev–Trinajstić information content (AvgIpc) is 2.73. The fourth-order valence-corrected chi connectivity index (χ4v) is 3.40. The molecule has 2 amide bonds. The Balaban J connectivity index is 1.94. The Hall–Kier alpha value is -3.47. The average molecular weight is 390 g/mol. The summed E-state index contributed by atoms with van der Waals surface area (Å²) in [7, 11) is 0. The van der Waals surface area contributed by atoms with Gasteiger partial charge in [-0.05, 0) is 35.7 Å². The summed E-state index contributed by atoms with van der Waals surface area (Å²) in [6.45, 7) is 1.81. The van der Waals surface area contributed by atoms with E-state index >= 15 is 0 Å². The SMILES string of the molecule is CC(C(=O)N[C@H](Cc1cccc(F)c1)C(N)=O)(c1ccccc1)c1ccccc1. The molecule has 3 aromatic carbocycles. The number of halogens is 1. The summed E-state index contributed by atoms with van der Waals surface area (Å²) < 4.78 is 13.5. The highest BCUT2D eigenvalue weighted by molar-refractivity contribution is 5.95. The monoisotopic (exact) mass is 390 g/mol. The predicted molar refractivity (Wildman–Crippen MR) is 111 cm³/mol. The number of carbonyl (C=O) groups excluding carboxylic acids is 2. The molecule has 4 nitrogen and oxygen atoms in total. The maximum Gasteiger partial charge on any atom is 0.240 e. The summed E-state index contributed by atoms with van der Waals surface area (Å²) in [5.41, 5.74) is 6.67. The van der Waals surface area contributed by atoms with E-state index in [0.29, 0.717) is 5.56 Å². The maximum absolute atomic E-state index is 13.5. The molecule has 3 aromatic rings. The molecule has 1 atom stereocenters. The summed E-state index contributed by atoms with van der Waals surface area (Å²) in [5, 5.41) is 2.79. The van der Waals surface area contributed by atoms with E-state index < -0.39 is 23.2 Å². The van der Waals surface area contributed by atoms with Crippen LogP contribution in [-0.4, -0.2) is 17.9 Å². The van der Waals surface area contributed by atoms with Crippen LogP contribution in [0.25, 0.3) is 0 Å². The Morgan fingerprint density at radius 2 is 1.48 bits per heavy atom. The van der Waals surface area contributed by atoms with Crippen LogP contribution in [0.1, 0.15) is 23.6 Å². The van der Waals surface area contributed by atoms with Gasteiger partial charge in [0.1, 0.15) is 11.9 Å². The molecular formula is C24H23FN2O2. The van der Waals surface area contributed by atoms with Crippen LogP contribution in [0.15, 0.2) is 84.9 Å². The van der Waals surface area contributed by atoms with Gasteiger partial charge < -0.3 is 11.1 Å². The van der Waals surface area contributed by atoms with Crippen molar-refractivity contribution in [1.82, 2.24) is 5.32 Å². The van der Waals surface area contributed by atoms with E-state index in [9.17, 15) is 14.0 Å². The number of benzene rings is 3. The Morgan fingerprint density at radius 1 is 0.931 bits per heavy atom. The molecule has 0 radical (unpaired) electrons. The van der Waals surface area contributed by atoms with Crippen LogP contribution in [0.4, 0.5) is 4.39 Å². The van der Waals surface area contributed by atoms with Crippen molar-refractivity contribution < 1.29 is 14.0 Å². The third kappa shape index (κ3) is 4.51. The Kier molecular flexibility index (Phi) is 6.07. The molecule has 0 bridgehead atoms. The Morgan fingerprint density at radius 3 is 1.97 bits per heavy atom. The second-order valence-electron chi connectivity index (χ2n) is 7.12. The van der Waals surface area contributed by atoms with Crippen LogP contribution in [0, 0.1) is 5.82 Å². The van der Waals surface area contributed by atoms with E-state index in [1.807, 2.05) is 67.6 Å². The quantitative estimate of drug-likeness (QED) is 0.649. The van der Waals surface area contributed by atoms with Gasteiger partial charge in [0, 0.05) is 6.42 Å². The van der Waals surface area contributed by atoms with Crippen molar-refractivity contribution >= 4 is 11.8 Å². The highest BCUT2D eigenvalue weighted by Crippen LogP contribution is 2.32. The Bertz CT molecular complexity index is 951. The highest BCUT2D eigenvalue weighted by Gasteiger charge is 2.38. The molecule has 0 saturated carbocycles. The van der Waals surface area contributed by atoms with Gasteiger partial charge in [-0.1, -0.05) is 72.8 Å². The van der Waals surface area contributed by atoms with E-state index in [2.05, 4.69) is 5.32 Å². The predicted octanol–water partition coefficient (Wildman–Crippen LogP) is 3.34. The summed E-state index contributed by atoms with van der Waals surface area (Å²) in [4.78, 5) is 25.5. The molecule has 0 aliphatic rings. The second-order valence-corrected chi connectivity index (χ2v) is 7.12. The van der Waals surface area contributed by atoms with Crippen molar-refractivity contribution in [2.75, 3.05) is 0 Å². The molecule has 0 aliphatic heterocycles. The molecule has 29 heavy (non-hydrogen) atoms. The van der Waals surface area contributed by atoms with E-state index in [4.69, 9.17) is 5.73 Å².